The highest BCUT2D eigenvalue weighted by Gasteiger charge is 2.37. The molecule has 1 amide bonds. The Morgan fingerprint density at radius 3 is 2.82 bits per heavy atom. The van der Waals surface area contributed by atoms with Crippen LogP contribution in [-0.4, -0.2) is 63.0 Å². The highest BCUT2D eigenvalue weighted by molar-refractivity contribution is 7.99. The number of aromatic nitrogens is 3. The second kappa shape index (κ2) is 5.46. The molecule has 6 nitrogen and oxygen atoms in total. The Kier molecular flexibility index (Phi) is 3.44. The maximum absolute atomic E-state index is 12.5. The van der Waals surface area contributed by atoms with Crippen LogP contribution in [0.2, 0.25) is 0 Å². The number of rotatable bonds is 2. The number of hydrogen-bond donors (Lipinski definition) is 0. The van der Waals surface area contributed by atoms with E-state index >= 15 is 0 Å². The molecule has 2 aliphatic heterocycles. The van der Waals surface area contributed by atoms with Crippen LogP contribution in [-0.2, 0) is 11.8 Å². The summed E-state index contributed by atoms with van der Waals surface area (Å²) in [5.41, 5.74) is 1.79. The molecular formula is C15H19N5OS. The maximum atomic E-state index is 12.5. The van der Waals surface area contributed by atoms with Gasteiger partial charge in [0.2, 0.25) is 11.9 Å². The zero-order valence-corrected chi connectivity index (χ0v) is 13.4. The van der Waals surface area contributed by atoms with Crippen molar-refractivity contribution in [3.63, 3.8) is 0 Å². The summed E-state index contributed by atoms with van der Waals surface area (Å²) in [6.07, 6.45) is 1.78. The number of imidazole rings is 1. The molecule has 2 aliphatic rings. The van der Waals surface area contributed by atoms with E-state index in [9.17, 15) is 4.79 Å². The van der Waals surface area contributed by atoms with Gasteiger partial charge in [0.25, 0.3) is 0 Å². The second-order valence-corrected chi connectivity index (χ2v) is 7.08. The molecule has 0 bridgehead atoms. The van der Waals surface area contributed by atoms with Crippen LogP contribution in [0.25, 0.3) is 11.2 Å². The van der Waals surface area contributed by atoms with Gasteiger partial charge in [-0.1, -0.05) is 0 Å². The van der Waals surface area contributed by atoms with Gasteiger partial charge in [0.1, 0.15) is 5.52 Å². The summed E-state index contributed by atoms with van der Waals surface area (Å²) >= 11 is 1.93. The number of anilines is 1. The van der Waals surface area contributed by atoms with Crippen LogP contribution in [0.1, 0.15) is 0 Å². The zero-order chi connectivity index (χ0) is 15.1. The molecule has 4 heterocycles. The van der Waals surface area contributed by atoms with Crippen LogP contribution in [0.5, 0.6) is 0 Å². The number of fused-ring (bicyclic) bond motifs is 1. The van der Waals surface area contributed by atoms with Crippen molar-refractivity contribution in [3.05, 3.63) is 18.3 Å². The van der Waals surface area contributed by atoms with Gasteiger partial charge in [0.15, 0.2) is 5.65 Å². The van der Waals surface area contributed by atoms with Crippen molar-refractivity contribution in [1.29, 1.82) is 0 Å². The van der Waals surface area contributed by atoms with E-state index in [2.05, 4.69) is 14.9 Å². The fraction of sp³-hybridized carbons (Fsp3) is 0.533. The predicted molar refractivity (Wildman–Crippen MR) is 88.1 cm³/mol. The molecule has 116 valence electrons. The van der Waals surface area contributed by atoms with Crippen LogP contribution < -0.4 is 4.90 Å². The lowest BCUT2D eigenvalue weighted by atomic mass is 9.99. The number of hydrogen-bond acceptors (Lipinski definition) is 5. The van der Waals surface area contributed by atoms with Crippen LogP contribution in [0.4, 0.5) is 5.95 Å². The van der Waals surface area contributed by atoms with Crippen molar-refractivity contribution in [2.24, 2.45) is 13.0 Å². The van der Waals surface area contributed by atoms with Gasteiger partial charge in [-0.2, -0.15) is 11.8 Å². The normalized spacial score (nSPS) is 19.5. The van der Waals surface area contributed by atoms with Gasteiger partial charge in [-0.15, -0.1) is 0 Å². The number of amides is 1. The first-order chi connectivity index (χ1) is 10.7. The fourth-order valence-electron chi connectivity index (χ4n) is 3.13. The van der Waals surface area contributed by atoms with Crippen molar-refractivity contribution in [1.82, 2.24) is 19.4 Å². The zero-order valence-electron chi connectivity index (χ0n) is 12.6. The molecule has 2 fully saturated rings. The third kappa shape index (κ3) is 2.24. The summed E-state index contributed by atoms with van der Waals surface area (Å²) in [5.74, 6) is 3.48. The Morgan fingerprint density at radius 2 is 2.09 bits per heavy atom. The Balaban J connectivity index is 1.46. The van der Waals surface area contributed by atoms with Gasteiger partial charge in [0.05, 0.1) is 5.92 Å². The highest BCUT2D eigenvalue weighted by atomic mass is 32.2. The summed E-state index contributed by atoms with van der Waals surface area (Å²) in [6.45, 7) is 3.33. The Morgan fingerprint density at radius 1 is 1.32 bits per heavy atom. The van der Waals surface area contributed by atoms with Crippen molar-refractivity contribution in [2.45, 2.75) is 0 Å². The molecule has 0 aliphatic carbocycles. The van der Waals surface area contributed by atoms with E-state index in [0.717, 1.165) is 54.8 Å². The minimum absolute atomic E-state index is 0.121. The van der Waals surface area contributed by atoms with Gasteiger partial charge in [-0.3, -0.25) is 9.36 Å². The Labute approximate surface area is 133 Å². The molecule has 2 saturated heterocycles. The SMILES string of the molecule is Cn1c(N2CC(C(=O)N3CCSCC3)C2)nc2cccnc21. The highest BCUT2D eigenvalue weighted by Crippen LogP contribution is 2.27. The number of aryl methyl sites for hydroxylation is 1. The van der Waals surface area contributed by atoms with Gasteiger partial charge in [-0.25, -0.2) is 9.97 Å². The first kappa shape index (κ1) is 13.9. The molecule has 0 saturated carbocycles. The van der Waals surface area contributed by atoms with E-state index < -0.39 is 0 Å². The minimum Gasteiger partial charge on any atom is -0.341 e. The second-order valence-electron chi connectivity index (χ2n) is 5.86. The molecule has 0 spiro atoms. The monoisotopic (exact) mass is 317 g/mol. The first-order valence-electron chi connectivity index (χ1n) is 7.63. The van der Waals surface area contributed by atoms with E-state index in [-0.39, 0.29) is 5.92 Å². The van der Waals surface area contributed by atoms with E-state index in [1.807, 2.05) is 40.4 Å². The molecule has 7 heteroatoms. The van der Waals surface area contributed by atoms with Crippen LogP contribution in [0, 0.1) is 5.92 Å². The molecular weight excluding hydrogens is 298 g/mol. The van der Waals surface area contributed by atoms with Gasteiger partial charge < -0.3 is 9.80 Å². The molecule has 0 aromatic carbocycles. The molecule has 2 aromatic heterocycles. The van der Waals surface area contributed by atoms with Gasteiger partial charge in [0, 0.05) is 50.9 Å². The largest absolute Gasteiger partial charge is 0.341 e. The third-order valence-corrected chi connectivity index (χ3v) is 5.38. The first-order valence-corrected chi connectivity index (χ1v) is 8.78. The van der Waals surface area contributed by atoms with E-state index in [1.165, 1.54) is 0 Å². The quantitative estimate of drug-likeness (QED) is 0.826. The molecule has 0 unspecified atom stereocenters. The lowest BCUT2D eigenvalue weighted by Crippen LogP contribution is -2.56. The summed E-state index contributed by atoms with van der Waals surface area (Å²) < 4.78 is 2.01. The smallest absolute Gasteiger partial charge is 0.229 e. The van der Waals surface area contributed by atoms with E-state index in [1.54, 1.807) is 6.20 Å². The summed E-state index contributed by atoms with van der Waals surface area (Å²) in [5, 5.41) is 0. The number of carbonyl (C=O) groups excluding carboxylic acids is 1. The summed E-state index contributed by atoms with van der Waals surface area (Å²) in [4.78, 5) is 25.7. The molecule has 0 radical (unpaired) electrons. The Hall–Kier alpha value is -1.76. The summed E-state index contributed by atoms with van der Waals surface area (Å²) in [7, 11) is 1.98. The topological polar surface area (TPSA) is 54.3 Å². The van der Waals surface area contributed by atoms with Crippen molar-refractivity contribution in [3.8, 4) is 0 Å². The molecule has 0 N–H and O–H groups in total. The minimum atomic E-state index is 0.121. The third-order valence-electron chi connectivity index (χ3n) is 4.44. The molecule has 4 rings (SSSR count). The van der Waals surface area contributed by atoms with Crippen molar-refractivity contribution in [2.75, 3.05) is 42.6 Å². The van der Waals surface area contributed by atoms with Gasteiger partial charge in [-0.05, 0) is 12.1 Å². The van der Waals surface area contributed by atoms with Crippen molar-refractivity contribution >= 4 is 34.8 Å². The van der Waals surface area contributed by atoms with Gasteiger partial charge >= 0.3 is 0 Å². The average Bonchev–Trinajstić information content (AvgIpc) is 2.84. The lowest BCUT2D eigenvalue weighted by molar-refractivity contribution is -0.135. The molecule has 2 aromatic rings. The molecule has 0 atom stereocenters. The fourth-order valence-corrected chi connectivity index (χ4v) is 4.04. The van der Waals surface area contributed by atoms with Crippen molar-refractivity contribution < 1.29 is 4.79 Å². The number of thioether (sulfide) groups is 1. The van der Waals surface area contributed by atoms with Crippen LogP contribution in [0.15, 0.2) is 18.3 Å². The Bertz CT molecular complexity index is 703. The van der Waals surface area contributed by atoms with E-state index in [0.29, 0.717) is 5.91 Å². The standard InChI is InChI=1S/C15H19N5OS/c1-18-13-12(3-2-4-16-13)17-15(18)20-9-11(10-20)14(21)19-5-7-22-8-6-19/h2-4,11H,5-10H2,1H3. The lowest BCUT2D eigenvalue weighted by Gasteiger charge is -2.41. The predicted octanol–water partition coefficient (Wildman–Crippen LogP) is 0.980. The molecule has 22 heavy (non-hydrogen) atoms. The average molecular weight is 317 g/mol. The number of nitrogens with zero attached hydrogens (tertiary/aromatic N) is 5. The number of pyridine rings is 1. The van der Waals surface area contributed by atoms with E-state index in [4.69, 9.17) is 0 Å². The summed E-state index contributed by atoms with van der Waals surface area (Å²) in [6, 6.07) is 3.87. The number of carbonyl (C=O) groups is 1. The van der Waals surface area contributed by atoms with Crippen LogP contribution in [0.3, 0.4) is 0 Å². The van der Waals surface area contributed by atoms with Crippen LogP contribution >= 0.6 is 11.8 Å². The maximum Gasteiger partial charge on any atom is 0.229 e.